The monoisotopic (exact) mass is 181 g/mol. The average molecular weight is 181 g/mol. The number of aromatic nitrogens is 1. The van der Waals surface area contributed by atoms with Crippen LogP contribution in [0.5, 0.6) is 0 Å². The normalized spacial score (nSPS) is 31.7. The van der Waals surface area contributed by atoms with Gasteiger partial charge in [-0.15, -0.1) is 0 Å². The second-order valence-corrected chi connectivity index (χ2v) is 3.57. The Bertz CT molecular complexity index is 357. The molecule has 2 unspecified atom stereocenters. The SMILES string of the molecule is CC1Cc2c[nH]cc2C1(O)C(=O)O. The Kier molecular flexibility index (Phi) is 1.51. The molecule has 13 heavy (non-hydrogen) atoms. The highest BCUT2D eigenvalue weighted by Crippen LogP contribution is 2.41. The predicted octanol–water partition coefficient (Wildman–Crippen LogP) is 0.479. The molecule has 3 N–H and O–H groups in total. The molecule has 4 heteroatoms. The molecule has 2 atom stereocenters. The van der Waals surface area contributed by atoms with E-state index in [2.05, 4.69) is 4.98 Å². The standard InChI is InChI=1S/C9H11NO3/c1-5-2-6-3-10-4-7(6)9(5,13)8(11)12/h3-5,10,13H,2H2,1H3,(H,11,12). The molecule has 0 saturated carbocycles. The predicted molar refractivity (Wildman–Crippen MR) is 45.2 cm³/mol. The number of carboxylic acids is 1. The van der Waals surface area contributed by atoms with E-state index in [0.717, 1.165) is 5.56 Å². The van der Waals surface area contributed by atoms with Gasteiger partial charge in [0.1, 0.15) is 0 Å². The number of fused-ring (bicyclic) bond motifs is 1. The first-order chi connectivity index (χ1) is 6.06. The van der Waals surface area contributed by atoms with Gasteiger partial charge < -0.3 is 15.2 Å². The number of hydrogen-bond acceptors (Lipinski definition) is 2. The molecule has 1 aromatic rings. The van der Waals surface area contributed by atoms with E-state index >= 15 is 0 Å². The highest BCUT2D eigenvalue weighted by molar-refractivity contribution is 5.81. The van der Waals surface area contributed by atoms with Gasteiger partial charge >= 0.3 is 5.97 Å². The smallest absolute Gasteiger partial charge is 0.340 e. The summed E-state index contributed by atoms with van der Waals surface area (Å²) in [6.07, 6.45) is 3.92. The third-order valence-corrected chi connectivity index (χ3v) is 2.81. The molecule has 0 spiro atoms. The van der Waals surface area contributed by atoms with Crippen LogP contribution in [0.25, 0.3) is 0 Å². The van der Waals surface area contributed by atoms with Crippen molar-refractivity contribution < 1.29 is 15.0 Å². The van der Waals surface area contributed by atoms with Crippen molar-refractivity contribution in [2.45, 2.75) is 18.9 Å². The number of nitrogens with one attached hydrogen (secondary N) is 1. The van der Waals surface area contributed by atoms with Crippen LogP contribution in [-0.4, -0.2) is 21.2 Å². The minimum absolute atomic E-state index is 0.260. The molecule has 0 bridgehead atoms. The summed E-state index contributed by atoms with van der Waals surface area (Å²) in [6, 6.07) is 0. The number of H-pyrrole nitrogens is 1. The van der Waals surface area contributed by atoms with Gasteiger partial charge in [0.2, 0.25) is 0 Å². The van der Waals surface area contributed by atoms with Crippen molar-refractivity contribution in [2.75, 3.05) is 0 Å². The Morgan fingerprint density at radius 2 is 2.38 bits per heavy atom. The van der Waals surface area contributed by atoms with Crippen LogP contribution in [0, 0.1) is 5.92 Å². The topological polar surface area (TPSA) is 73.3 Å². The fraction of sp³-hybridized carbons (Fsp3) is 0.444. The van der Waals surface area contributed by atoms with Crippen LogP contribution in [0.1, 0.15) is 18.1 Å². The van der Waals surface area contributed by atoms with Crippen molar-refractivity contribution in [3.05, 3.63) is 23.5 Å². The lowest BCUT2D eigenvalue weighted by Gasteiger charge is -2.22. The Morgan fingerprint density at radius 1 is 1.69 bits per heavy atom. The highest BCUT2D eigenvalue weighted by Gasteiger charge is 2.49. The Morgan fingerprint density at radius 3 is 3.00 bits per heavy atom. The number of carboxylic acid groups (broad SMARTS) is 1. The van der Waals surface area contributed by atoms with Crippen molar-refractivity contribution in [3.63, 3.8) is 0 Å². The lowest BCUT2D eigenvalue weighted by Crippen LogP contribution is -2.38. The molecule has 0 radical (unpaired) electrons. The van der Waals surface area contributed by atoms with Crippen LogP contribution >= 0.6 is 0 Å². The highest BCUT2D eigenvalue weighted by atomic mass is 16.4. The summed E-state index contributed by atoms with van der Waals surface area (Å²) in [5.41, 5.74) is -0.292. The lowest BCUT2D eigenvalue weighted by atomic mass is 9.90. The van der Waals surface area contributed by atoms with Gasteiger partial charge in [-0.3, -0.25) is 0 Å². The summed E-state index contributed by atoms with van der Waals surface area (Å²) >= 11 is 0. The van der Waals surface area contributed by atoms with Crippen LogP contribution in [0.3, 0.4) is 0 Å². The third kappa shape index (κ3) is 0.862. The molecule has 0 saturated heterocycles. The van der Waals surface area contributed by atoms with Crippen molar-refractivity contribution >= 4 is 5.97 Å². The Hall–Kier alpha value is -1.29. The fourth-order valence-corrected chi connectivity index (χ4v) is 1.99. The van der Waals surface area contributed by atoms with Crippen LogP contribution < -0.4 is 0 Å². The summed E-state index contributed by atoms with van der Waals surface area (Å²) in [6.45, 7) is 1.74. The first-order valence-electron chi connectivity index (χ1n) is 4.18. The van der Waals surface area contributed by atoms with Crippen molar-refractivity contribution in [2.24, 2.45) is 5.92 Å². The van der Waals surface area contributed by atoms with Gasteiger partial charge in [-0.2, -0.15) is 0 Å². The number of aliphatic carboxylic acids is 1. The maximum absolute atomic E-state index is 10.9. The fourth-order valence-electron chi connectivity index (χ4n) is 1.99. The molecule has 0 aromatic carbocycles. The zero-order valence-electron chi connectivity index (χ0n) is 7.24. The summed E-state index contributed by atoms with van der Waals surface area (Å²) in [7, 11) is 0. The zero-order chi connectivity index (χ0) is 9.64. The molecule has 4 nitrogen and oxygen atoms in total. The second-order valence-electron chi connectivity index (χ2n) is 3.57. The van der Waals surface area contributed by atoms with Crippen molar-refractivity contribution in [3.8, 4) is 0 Å². The number of hydrogen-bond donors (Lipinski definition) is 3. The molecule has 70 valence electrons. The summed E-state index contributed by atoms with van der Waals surface area (Å²) in [5.74, 6) is -1.43. The first-order valence-corrected chi connectivity index (χ1v) is 4.18. The molecule has 1 aromatic heterocycles. The van der Waals surface area contributed by atoms with Crippen molar-refractivity contribution in [1.29, 1.82) is 0 Å². The molecule has 1 aliphatic carbocycles. The maximum Gasteiger partial charge on any atom is 0.340 e. The first kappa shape index (κ1) is 8.31. The van der Waals surface area contributed by atoms with Gasteiger partial charge in [-0.25, -0.2) is 4.79 Å². The summed E-state index contributed by atoms with van der Waals surface area (Å²) in [5, 5.41) is 18.9. The number of rotatable bonds is 1. The molecular formula is C9H11NO3. The van der Waals surface area contributed by atoms with E-state index in [1.807, 2.05) is 0 Å². The van der Waals surface area contributed by atoms with Crippen LogP contribution in [0.2, 0.25) is 0 Å². The van der Waals surface area contributed by atoms with Gasteiger partial charge in [0.05, 0.1) is 0 Å². The second kappa shape index (κ2) is 2.35. The van der Waals surface area contributed by atoms with Gasteiger partial charge in [0.25, 0.3) is 0 Å². The Labute approximate surface area is 75.2 Å². The van der Waals surface area contributed by atoms with E-state index < -0.39 is 11.6 Å². The van der Waals surface area contributed by atoms with E-state index in [-0.39, 0.29) is 5.92 Å². The molecule has 0 amide bonds. The van der Waals surface area contributed by atoms with E-state index in [1.54, 1.807) is 19.3 Å². The van der Waals surface area contributed by atoms with E-state index in [4.69, 9.17) is 5.11 Å². The van der Waals surface area contributed by atoms with Crippen LogP contribution in [0.4, 0.5) is 0 Å². The molecule has 0 fully saturated rings. The number of aliphatic hydroxyl groups is 1. The van der Waals surface area contributed by atoms with Crippen molar-refractivity contribution in [1.82, 2.24) is 4.98 Å². The Balaban J connectivity index is 2.56. The van der Waals surface area contributed by atoms with Gasteiger partial charge in [0.15, 0.2) is 5.60 Å². The van der Waals surface area contributed by atoms with Crippen LogP contribution in [0.15, 0.2) is 12.4 Å². The molecule has 1 heterocycles. The van der Waals surface area contributed by atoms with Crippen LogP contribution in [-0.2, 0) is 16.8 Å². The third-order valence-electron chi connectivity index (χ3n) is 2.81. The molecule has 1 aliphatic rings. The molecule has 2 rings (SSSR count). The van der Waals surface area contributed by atoms with E-state index in [0.29, 0.717) is 12.0 Å². The van der Waals surface area contributed by atoms with Gasteiger partial charge in [-0.1, -0.05) is 6.92 Å². The summed E-state index contributed by atoms with van der Waals surface area (Å²) in [4.78, 5) is 13.7. The molecular weight excluding hydrogens is 170 g/mol. The van der Waals surface area contributed by atoms with E-state index in [1.165, 1.54) is 0 Å². The number of carbonyl (C=O) groups is 1. The van der Waals surface area contributed by atoms with Gasteiger partial charge in [0, 0.05) is 23.9 Å². The quantitative estimate of drug-likeness (QED) is 0.590. The summed E-state index contributed by atoms with van der Waals surface area (Å²) < 4.78 is 0. The average Bonchev–Trinajstić information content (AvgIpc) is 2.57. The molecule has 0 aliphatic heterocycles. The minimum Gasteiger partial charge on any atom is -0.479 e. The lowest BCUT2D eigenvalue weighted by molar-refractivity contribution is -0.164. The minimum atomic E-state index is -1.70. The zero-order valence-corrected chi connectivity index (χ0v) is 7.24. The largest absolute Gasteiger partial charge is 0.479 e. The van der Waals surface area contributed by atoms with Gasteiger partial charge in [-0.05, 0) is 12.0 Å². The van der Waals surface area contributed by atoms with E-state index in [9.17, 15) is 9.90 Å². The number of aromatic amines is 1. The maximum atomic E-state index is 10.9.